The summed E-state index contributed by atoms with van der Waals surface area (Å²) in [5, 5.41) is 3.75. The van der Waals surface area contributed by atoms with Gasteiger partial charge in [-0.25, -0.2) is 9.97 Å². The minimum Gasteiger partial charge on any atom is -0.368 e. The van der Waals surface area contributed by atoms with E-state index in [0.29, 0.717) is 17.1 Å². The van der Waals surface area contributed by atoms with Gasteiger partial charge in [0, 0.05) is 11.9 Å². The Morgan fingerprint density at radius 3 is 2.76 bits per heavy atom. The number of carbonyl (C=O) groups is 1. The number of anilines is 1. The molecule has 0 bridgehead atoms. The third kappa shape index (κ3) is 3.12. The summed E-state index contributed by atoms with van der Waals surface area (Å²) in [4.78, 5) is 20.7. The van der Waals surface area contributed by atoms with Gasteiger partial charge in [-0.1, -0.05) is 37.5 Å². The van der Waals surface area contributed by atoms with Crippen molar-refractivity contribution < 1.29 is 4.79 Å². The highest BCUT2D eigenvalue weighted by atomic mass is 16.1. The highest BCUT2D eigenvalue weighted by molar-refractivity contribution is 6.04. The van der Waals surface area contributed by atoms with E-state index in [9.17, 15) is 4.79 Å². The Hall–Kier alpha value is -2.17. The Balaban J connectivity index is 1.77. The number of nitrogens with zero attached hydrogens (tertiary/aromatic N) is 2. The molecule has 5 nitrogen and oxygen atoms in total. The molecule has 3 N–H and O–H groups in total. The van der Waals surface area contributed by atoms with Crippen molar-refractivity contribution in [2.45, 2.75) is 32.1 Å². The summed E-state index contributed by atoms with van der Waals surface area (Å²) >= 11 is 0. The quantitative estimate of drug-likeness (QED) is 0.907. The van der Waals surface area contributed by atoms with E-state index in [-0.39, 0.29) is 11.9 Å². The molecule has 0 atom stereocenters. The number of aromatic nitrogens is 2. The van der Waals surface area contributed by atoms with Gasteiger partial charge in [0.15, 0.2) is 0 Å². The monoisotopic (exact) mass is 284 g/mol. The van der Waals surface area contributed by atoms with Crippen LogP contribution in [0.25, 0.3) is 10.9 Å². The number of rotatable bonds is 3. The molecule has 1 aromatic heterocycles. The van der Waals surface area contributed by atoms with Gasteiger partial charge in [0.2, 0.25) is 5.95 Å². The number of para-hydroxylation sites is 1. The van der Waals surface area contributed by atoms with Crippen LogP contribution in [0.1, 0.15) is 42.6 Å². The van der Waals surface area contributed by atoms with E-state index < -0.39 is 0 Å². The highest BCUT2D eigenvalue weighted by Gasteiger charge is 2.17. The van der Waals surface area contributed by atoms with Gasteiger partial charge in [0.1, 0.15) is 5.69 Å². The SMILES string of the molecule is Nc1nc(C(=O)NCC2CCCCC2)c2ccccc2n1. The molecule has 1 saturated carbocycles. The topological polar surface area (TPSA) is 80.9 Å². The van der Waals surface area contributed by atoms with Gasteiger partial charge in [-0.2, -0.15) is 0 Å². The van der Waals surface area contributed by atoms with E-state index in [1.807, 2.05) is 24.3 Å². The Morgan fingerprint density at radius 1 is 1.19 bits per heavy atom. The van der Waals surface area contributed by atoms with Crippen LogP contribution in [0.5, 0.6) is 0 Å². The van der Waals surface area contributed by atoms with Gasteiger partial charge in [0.05, 0.1) is 5.52 Å². The van der Waals surface area contributed by atoms with Crippen molar-refractivity contribution in [3.05, 3.63) is 30.0 Å². The van der Waals surface area contributed by atoms with E-state index in [2.05, 4.69) is 15.3 Å². The maximum atomic E-state index is 12.4. The maximum absolute atomic E-state index is 12.4. The van der Waals surface area contributed by atoms with Crippen molar-refractivity contribution in [3.8, 4) is 0 Å². The van der Waals surface area contributed by atoms with E-state index >= 15 is 0 Å². The van der Waals surface area contributed by atoms with E-state index in [1.165, 1.54) is 32.1 Å². The number of nitrogens with one attached hydrogen (secondary N) is 1. The summed E-state index contributed by atoms with van der Waals surface area (Å²) in [5.41, 5.74) is 6.77. The number of amides is 1. The first-order valence-electron chi connectivity index (χ1n) is 7.54. The van der Waals surface area contributed by atoms with Crippen molar-refractivity contribution in [2.24, 2.45) is 5.92 Å². The lowest BCUT2D eigenvalue weighted by atomic mass is 9.89. The fourth-order valence-electron chi connectivity index (χ4n) is 2.98. The van der Waals surface area contributed by atoms with Crippen LogP contribution in [0.3, 0.4) is 0 Å². The number of nitrogens with two attached hydrogens (primary N) is 1. The zero-order valence-electron chi connectivity index (χ0n) is 12.0. The number of hydrogen-bond acceptors (Lipinski definition) is 4. The lowest BCUT2D eigenvalue weighted by Crippen LogP contribution is -2.31. The van der Waals surface area contributed by atoms with Crippen molar-refractivity contribution in [3.63, 3.8) is 0 Å². The van der Waals surface area contributed by atoms with Crippen molar-refractivity contribution in [2.75, 3.05) is 12.3 Å². The van der Waals surface area contributed by atoms with Gasteiger partial charge < -0.3 is 11.1 Å². The zero-order valence-corrected chi connectivity index (χ0v) is 12.0. The van der Waals surface area contributed by atoms with Gasteiger partial charge in [0.25, 0.3) is 5.91 Å². The van der Waals surface area contributed by atoms with Crippen LogP contribution in [-0.2, 0) is 0 Å². The summed E-state index contributed by atoms with van der Waals surface area (Å²) in [6, 6.07) is 7.44. The van der Waals surface area contributed by atoms with Crippen molar-refractivity contribution in [1.29, 1.82) is 0 Å². The predicted octanol–water partition coefficient (Wildman–Crippen LogP) is 2.52. The molecule has 1 amide bonds. The van der Waals surface area contributed by atoms with Crippen LogP contribution in [-0.4, -0.2) is 22.4 Å². The number of fused-ring (bicyclic) bond motifs is 1. The third-order valence-electron chi connectivity index (χ3n) is 4.11. The van der Waals surface area contributed by atoms with E-state index in [4.69, 9.17) is 5.73 Å². The van der Waals surface area contributed by atoms with Crippen LogP contribution in [0.4, 0.5) is 5.95 Å². The standard InChI is InChI=1S/C16H20N4O/c17-16-19-13-9-5-4-8-12(13)14(20-16)15(21)18-10-11-6-2-1-3-7-11/h4-5,8-9,11H,1-3,6-7,10H2,(H,18,21)(H2,17,19,20). The normalized spacial score (nSPS) is 16.0. The predicted molar refractivity (Wildman–Crippen MR) is 82.9 cm³/mol. The molecule has 1 aliphatic rings. The molecule has 1 aliphatic carbocycles. The molecule has 0 radical (unpaired) electrons. The molecule has 2 aromatic rings. The number of hydrogen-bond donors (Lipinski definition) is 2. The Labute approximate surface area is 124 Å². The fraction of sp³-hybridized carbons (Fsp3) is 0.438. The summed E-state index contributed by atoms with van der Waals surface area (Å²) in [7, 11) is 0. The molecular formula is C16H20N4O. The van der Waals surface area contributed by atoms with Crippen molar-refractivity contribution >= 4 is 22.8 Å². The molecule has 1 aromatic carbocycles. The molecule has 21 heavy (non-hydrogen) atoms. The molecule has 0 unspecified atom stereocenters. The summed E-state index contributed by atoms with van der Waals surface area (Å²) < 4.78 is 0. The molecule has 5 heteroatoms. The lowest BCUT2D eigenvalue weighted by molar-refractivity contribution is 0.0940. The second-order valence-electron chi connectivity index (χ2n) is 5.66. The molecule has 1 heterocycles. The van der Waals surface area contributed by atoms with Crippen molar-refractivity contribution in [1.82, 2.24) is 15.3 Å². The average molecular weight is 284 g/mol. The van der Waals surface area contributed by atoms with Crippen LogP contribution >= 0.6 is 0 Å². The molecule has 3 rings (SSSR count). The first kappa shape index (κ1) is 13.8. The number of nitrogen functional groups attached to an aromatic ring is 1. The Kier molecular flexibility index (Phi) is 3.99. The van der Waals surface area contributed by atoms with E-state index in [1.54, 1.807) is 0 Å². The Bertz CT molecular complexity index is 650. The molecule has 0 aliphatic heterocycles. The first-order valence-corrected chi connectivity index (χ1v) is 7.54. The smallest absolute Gasteiger partial charge is 0.270 e. The van der Waals surface area contributed by atoms with Crippen LogP contribution in [0.15, 0.2) is 24.3 Å². The number of benzene rings is 1. The zero-order chi connectivity index (χ0) is 14.7. The van der Waals surface area contributed by atoms with Crippen LogP contribution < -0.4 is 11.1 Å². The summed E-state index contributed by atoms with van der Waals surface area (Å²) in [6.45, 7) is 0.719. The second-order valence-corrected chi connectivity index (χ2v) is 5.66. The summed E-state index contributed by atoms with van der Waals surface area (Å²) in [6.07, 6.45) is 6.26. The second kappa shape index (κ2) is 6.08. The van der Waals surface area contributed by atoms with Gasteiger partial charge in [-0.15, -0.1) is 0 Å². The van der Waals surface area contributed by atoms with Gasteiger partial charge in [-0.3, -0.25) is 4.79 Å². The highest BCUT2D eigenvalue weighted by Crippen LogP contribution is 2.23. The van der Waals surface area contributed by atoms with Gasteiger partial charge in [-0.05, 0) is 24.8 Å². The molecule has 1 fully saturated rings. The molecule has 0 saturated heterocycles. The largest absolute Gasteiger partial charge is 0.368 e. The molecular weight excluding hydrogens is 264 g/mol. The first-order chi connectivity index (χ1) is 10.2. The third-order valence-corrected chi connectivity index (χ3v) is 4.11. The number of carbonyl (C=O) groups excluding carboxylic acids is 1. The summed E-state index contributed by atoms with van der Waals surface area (Å²) in [5.74, 6) is 0.565. The molecule has 0 spiro atoms. The maximum Gasteiger partial charge on any atom is 0.270 e. The Morgan fingerprint density at radius 2 is 1.95 bits per heavy atom. The van der Waals surface area contributed by atoms with Crippen LogP contribution in [0, 0.1) is 5.92 Å². The minimum atomic E-state index is -0.161. The van der Waals surface area contributed by atoms with E-state index in [0.717, 1.165) is 11.9 Å². The van der Waals surface area contributed by atoms with Gasteiger partial charge >= 0.3 is 0 Å². The minimum absolute atomic E-state index is 0.136. The van der Waals surface area contributed by atoms with Crippen LogP contribution in [0.2, 0.25) is 0 Å². The average Bonchev–Trinajstić information content (AvgIpc) is 2.52. The fourth-order valence-corrected chi connectivity index (χ4v) is 2.98. The molecule has 110 valence electrons. The lowest BCUT2D eigenvalue weighted by Gasteiger charge is -2.21.